The molecule has 1 aliphatic rings. The second-order valence-electron chi connectivity index (χ2n) is 7.74. The van der Waals surface area contributed by atoms with Crippen LogP contribution in [0.5, 0.6) is 11.5 Å². The number of ether oxygens (including phenoxy) is 2. The normalized spacial score (nSPS) is 17.5. The average Bonchev–Trinajstić information content (AvgIpc) is 3.49. The summed E-state index contributed by atoms with van der Waals surface area (Å²) in [6.07, 6.45) is 1.78. The summed E-state index contributed by atoms with van der Waals surface area (Å²) in [7, 11) is 3.28. The lowest BCUT2D eigenvalue weighted by Gasteiger charge is -2.27. The number of anilines is 1. The Labute approximate surface area is 211 Å². The van der Waals surface area contributed by atoms with Crippen LogP contribution in [0.25, 0.3) is 11.3 Å². The van der Waals surface area contributed by atoms with E-state index in [4.69, 9.17) is 26.1 Å². The summed E-state index contributed by atoms with van der Waals surface area (Å²) in [5.74, 6) is 2.91. The van der Waals surface area contributed by atoms with E-state index in [0.717, 1.165) is 32.9 Å². The lowest BCUT2D eigenvalue weighted by molar-refractivity contribution is 0.400. The van der Waals surface area contributed by atoms with E-state index in [0.29, 0.717) is 16.6 Å². The number of hydrogen-bond acceptors (Lipinski definition) is 5. The minimum absolute atomic E-state index is 0.228. The molecule has 0 bridgehead atoms. The highest BCUT2D eigenvalue weighted by Crippen LogP contribution is 2.46. The van der Waals surface area contributed by atoms with Gasteiger partial charge in [-0.25, -0.2) is 0 Å². The van der Waals surface area contributed by atoms with Gasteiger partial charge in [-0.05, 0) is 60.7 Å². The van der Waals surface area contributed by atoms with Crippen molar-refractivity contribution < 1.29 is 13.9 Å². The third kappa shape index (κ3) is 4.15. The van der Waals surface area contributed by atoms with Crippen molar-refractivity contribution in [2.45, 2.75) is 12.1 Å². The Morgan fingerprint density at radius 3 is 2.53 bits per heavy atom. The average molecular weight is 536 g/mol. The van der Waals surface area contributed by atoms with E-state index < -0.39 is 0 Å². The third-order valence-corrected chi connectivity index (χ3v) is 6.63. The van der Waals surface area contributed by atoms with E-state index >= 15 is 0 Å². The first-order valence-electron chi connectivity index (χ1n) is 10.7. The zero-order valence-corrected chi connectivity index (χ0v) is 21.0. The van der Waals surface area contributed by atoms with E-state index in [9.17, 15) is 0 Å². The summed E-state index contributed by atoms with van der Waals surface area (Å²) in [5, 5.41) is 3.99. The van der Waals surface area contributed by atoms with Gasteiger partial charge in [-0.15, -0.1) is 0 Å². The number of aromatic nitrogens is 1. The fraction of sp³-hybridized carbons (Fsp3) is 0.154. The molecular weight excluding hydrogens is 514 g/mol. The van der Waals surface area contributed by atoms with Gasteiger partial charge < -0.3 is 24.1 Å². The molecule has 1 saturated heterocycles. The number of furan rings is 1. The molecular formula is C26H22BrN3O3S. The van der Waals surface area contributed by atoms with Crippen LogP contribution < -0.4 is 19.7 Å². The molecule has 172 valence electrons. The Balaban J connectivity index is 1.63. The Morgan fingerprint density at radius 1 is 1.00 bits per heavy atom. The predicted molar refractivity (Wildman–Crippen MR) is 139 cm³/mol. The van der Waals surface area contributed by atoms with E-state index in [1.807, 2.05) is 77.7 Å². The lowest BCUT2D eigenvalue weighted by Crippen LogP contribution is -2.29. The summed E-state index contributed by atoms with van der Waals surface area (Å²) in [5.41, 5.74) is 2.63. The first-order valence-corrected chi connectivity index (χ1v) is 11.9. The standard InChI is InChI=1S/C26H22BrN3O3S/c1-31-18-10-11-22(32-2)20(15-18)30-25(24(29-26(30)34)19-5-3-4-14-28-19)23-13-12-21(33-23)16-6-8-17(27)9-7-16/h3-15,24-25H,1-2H3,(H,29,34)/t24-,25+/m1/s1. The molecule has 4 aromatic rings. The zero-order chi connectivity index (χ0) is 23.7. The molecule has 0 spiro atoms. The van der Waals surface area contributed by atoms with Gasteiger partial charge in [0.25, 0.3) is 0 Å². The van der Waals surface area contributed by atoms with E-state index in [1.165, 1.54) is 0 Å². The highest BCUT2D eigenvalue weighted by atomic mass is 79.9. The van der Waals surface area contributed by atoms with Crippen molar-refractivity contribution in [1.29, 1.82) is 0 Å². The zero-order valence-electron chi connectivity index (χ0n) is 18.6. The summed E-state index contributed by atoms with van der Waals surface area (Å²) in [6.45, 7) is 0. The van der Waals surface area contributed by atoms with Gasteiger partial charge in [-0.3, -0.25) is 4.98 Å². The molecule has 2 aromatic heterocycles. The summed E-state index contributed by atoms with van der Waals surface area (Å²) in [4.78, 5) is 6.61. The second kappa shape index (κ2) is 9.48. The van der Waals surface area contributed by atoms with Gasteiger partial charge in [-0.1, -0.05) is 34.1 Å². The molecule has 34 heavy (non-hydrogen) atoms. The first-order chi connectivity index (χ1) is 16.6. The van der Waals surface area contributed by atoms with Crippen LogP contribution in [0, 0.1) is 0 Å². The maximum Gasteiger partial charge on any atom is 0.174 e. The van der Waals surface area contributed by atoms with Gasteiger partial charge >= 0.3 is 0 Å². The minimum Gasteiger partial charge on any atom is -0.497 e. The molecule has 0 saturated carbocycles. The van der Waals surface area contributed by atoms with Crippen LogP contribution in [0.4, 0.5) is 5.69 Å². The summed E-state index contributed by atoms with van der Waals surface area (Å²) >= 11 is 9.31. The number of halogens is 1. The van der Waals surface area contributed by atoms with Crippen LogP contribution in [0.3, 0.4) is 0 Å². The number of nitrogens with zero attached hydrogens (tertiary/aromatic N) is 2. The second-order valence-corrected chi connectivity index (χ2v) is 9.05. The SMILES string of the molecule is COc1ccc(OC)c(N2C(=S)N[C@H](c3ccccn3)[C@@H]2c2ccc(-c3ccc(Br)cc3)o2)c1. The van der Waals surface area contributed by atoms with Crippen molar-refractivity contribution in [3.05, 3.63) is 94.9 Å². The van der Waals surface area contributed by atoms with Crippen LogP contribution in [-0.4, -0.2) is 24.3 Å². The summed E-state index contributed by atoms with van der Waals surface area (Å²) < 4.78 is 18.6. The Morgan fingerprint density at radius 2 is 1.82 bits per heavy atom. The van der Waals surface area contributed by atoms with Crippen molar-refractivity contribution in [1.82, 2.24) is 10.3 Å². The van der Waals surface area contributed by atoms with Gasteiger partial charge in [0.2, 0.25) is 0 Å². The maximum atomic E-state index is 6.42. The number of pyridine rings is 1. The number of methoxy groups -OCH3 is 2. The highest BCUT2D eigenvalue weighted by Gasteiger charge is 2.43. The molecule has 6 nitrogen and oxygen atoms in total. The topological polar surface area (TPSA) is 59.8 Å². The molecule has 5 rings (SSSR count). The van der Waals surface area contributed by atoms with Crippen LogP contribution >= 0.6 is 28.1 Å². The van der Waals surface area contributed by atoms with Crippen LogP contribution in [0.15, 0.2) is 87.9 Å². The lowest BCUT2D eigenvalue weighted by atomic mass is 10.0. The molecule has 0 aliphatic carbocycles. The molecule has 0 radical (unpaired) electrons. The molecule has 3 heterocycles. The maximum absolute atomic E-state index is 6.42. The largest absolute Gasteiger partial charge is 0.497 e. The van der Waals surface area contributed by atoms with Crippen molar-refractivity contribution in [2.75, 3.05) is 19.1 Å². The van der Waals surface area contributed by atoms with Crippen molar-refractivity contribution in [2.24, 2.45) is 0 Å². The highest BCUT2D eigenvalue weighted by molar-refractivity contribution is 9.10. The molecule has 2 aromatic carbocycles. The molecule has 1 fully saturated rings. The van der Waals surface area contributed by atoms with Gasteiger partial charge in [0.05, 0.1) is 31.6 Å². The molecule has 1 aliphatic heterocycles. The molecule has 2 atom stereocenters. The Hall–Kier alpha value is -3.36. The molecule has 0 amide bonds. The van der Waals surface area contributed by atoms with Crippen molar-refractivity contribution >= 4 is 38.9 Å². The van der Waals surface area contributed by atoms with E-state index in [-0.39, 0.29) is 12.1 Å². The molecule has 0 unspecified atom stereocenters. The molecule has 8 heteroatoms. The van der Waals surface area contributed by atoms with Crippen LogP contribution in [0.1, 0.15) is 23.5 Å². The van der Waals surface area contributed by atoms with E-state index in [1.54, 1.807) is 20.4 Å². The number of hydrogen-bond donors (Lipinski definition) is 1. The first kappa shape index (κ1) is 22.4. The Kier molecular flexibility index (Phi) is 6.26. The van der Waals surface area contributed by atoms with Crippen LogP contribution in [0.2, 0.25) is 0 Å². The van der Waals surface area contributed by atoms with E-state index in [2.05, 4.69) is 26.2 Å². The smallest absolute Gasteiger partial charge is 0.174 e. The van der Waals surface area contributed by atoms with Gasteiger partial charge in [0, 0.05) is 22.3 Å². The van der Waals surface area contributed by atoms with Crippen molar-refractivity contribution in [3.63, 3.8) is 0 Å². The predicted octanol–water partition coefficient (Wildman–Crippen LogP) is 6.30. The van der Waals surface area contributed by atoms with Gasteiger partial charge in [-0.2, -0.15) is 0 Å². The van der Waals surface area contributed by atoms with Crippen LogP contribution in [-0.2, 0) is 0 Å². The number of thiocarbonyl (C=S) groups is 1. The third-order valence-electron chi connectivity index (χ3n) is 5.79. The Bertz CT molecular complexity index is 1310. The quantitative estimate of drug-likeness (QED) is 0.290. The summed E-state index contributed by atoms with van der Waals surface area (Å²) in [6, 6.07) is 23.0. The monoisotopic (exact) mass is 535 g/mol. The molecule has 1 N–H and O–H groups in total. The van der Waals surface area contributed by atoms with Crippen molar-refractivity contribution in [3.8, 4) is 22.8 Å². The fourth-order valence-corrected chi connectivity index (χ4v) is 4.77. The van der Waals surface area contributed by atoms with Gasteiger partial charge in [0.15, 0.2) is 5.11 Å². The number of rotatable bonds is 6. The van der Waals surface area contributed by atoms with Gasteiger partial charge in [0.1, 0.15) is 29.1 Å². The number of benzene rings is 2. The minimum atomic E-state index is -0.299. The number of nitrogens with one attached hydrogen (secondary N) is 1. The fourth-order valence-electron chi connectivity index (χ4n) is 4.17.